The van der Waals surface area contributed by atoms with E-state index in [0.717, 1.165) is 18.4 Å². The Balaban J connectivity index is 0.00000312. The molecule has 1 saturated heterocycles. The van der Waals surface area contributed by atoms with Crippen LogP contribution in [0.2, 0.25) is 0 Å². The van der Waals surface area contributed by atoms with Crippen molar-refractivity contribution < 1.29 is 14.3 Å². The van der Waals surface area contributed by atoms with Gasteiger partial charge < -0.3 is 20.7 Å². The standard InChI is InChI=1S/C18H27N3O3.ClH/c1-13-5-6-16(10-14(13)2)24-12-17(22)21-9-3-4-15(11-21)18(23)20-8-7-19;/h5-6,10,15H,3-4,7-9,11-12,19H2,1-2H3,(H,20,23);1H. The average molecular weight is 370 g/mol. The second-order valence-corrected chi connectivity index (χ2v) is 6.29. The van der Waals surface area contributed by atoms with Gasteiger partial charge in [0.25, 0.3) is 5.91 Å². The van der Waals surface area contributed by atoms with Crippen molar-refractivity contribution in [1.82, 2.24) is 10.2 Å². The van der Waals surface area contributed by atoms with Gasteiger partial charge >= 0.3 is 0 Å². The summed E-state index contributed by atoms with van der Waals surface area (Å²) in [5.74, 6) is 0.439. The zero-order valence-corrected chi connectivity index (χ0v) is 15.7. The molecule has 7 heteroatoms. The first-order valence-electron chi connectivity index (χ1n) is 8.47. The van der Waals surface area contributed by atoms with Crippen molar-refractivity contribution >= 4 is 24.2 Å². The molecule has 25 heavy (non-hydrogen) atoms. The fourth-order valence-corrected chi connectivity index (χ4v) is 2.80. The normalized spacial score (nSPS) is 16.8. The monoisotopic (exact) mass is 369 g/mol. The van der Waals surface area contributed by atoms with Crippen molar-refractivity contribution in [1.29, 1.82) is 0 Å². The van der Waals surface area contributed by atoms with Gasteiger partial charge in [0.05, 0.1) is 5.92 Å². The van der Waals surface area contributed by atoms with E-state index >= 15 is 0 Å². The van der Waals surface area contributed by atoms with E-state index in [-0.39, 0.29) is 36.7 Å². The first-order chi connectivity index (χ1) is 11.5. The fourth-order valence-electron chi connectivity index (χ4n) is 2.80. The Kier molecular flexibility index (Phi) is 8.72. The summed E-state index contributed by atoms with van der Waals surface area (Å²) in [5, 5.41) is 2.80. The maximum Gasteiger partial charge on any atom is 0.260 e. The SMILES string of the molecule is Cc1ccc(OCC(=O)N2CCCC(C(=O)NCCN)C2)cc1C.Cl. The topological polar surface area (TPSA) is 84.7 Å². The van der Waals surface area contributed by atoms with E-state index < -0.39 is 0 Å². The summed E-state index contributed by atoms with van der Waals surface area (Å²) in [6.07, 6.45) is 1.63. The van der Waals surface area contributed by atoms with Crippen molar-refractivity contribution in [2.45, 2.75) is 26.7 Å². The molecule has 3 N–H and O–H groups in total. The zero-order chi connectivity index (χ0) is 17.5. The predicted octanol–water partition coefficient (Wildman–Crippen LogP) is 1.42. The lowest BCUT2D eigenvalue weighted by molar-refractivity contribution is -0.137. The molecule has 0 radical (unpaired) electrons. The Labute approximate surface area is 155 Å². The molecular weight excluding hydrogens is 342 g/mol. The molecule has 2 rings (SSSR count). The molecule has 1 aromatic carbocycles. The van der Waals surface area contributed by atoms with Crippen LogP contribution in [0.3, 0.4) is 0 Å². The zero-order valence-electron chi connectivity index (χ0n) is 14.9. The summed E-state index contributed by atoms with van der Waals surface area (Å²) in [7, 11) is 0. The molecule has 1 aromatic rings. The molecule has 2 amide bonds. The Hall–Kier alpha value is -1.79. The third-order valence-electron chi connectivity index (χ3n) is 4.43. The average Bonchev–Trinajstić information content (AvgIpc) is 2.60. The number of piperidine rings is 1. The van der Waals surface area contributed by atoms with Gasteiger partial charge in [0.2, 0.25) is 5.91 Å². The molecule has 1 fully saturated rings. The smallest absolute Gasteiger partial charge is 0.260 e. The maximum absolute atomic E-state index is 12.4. The Bertz CT molecular complexity index is 595. The Morgan fingerprint density at radius 3 is 2.76 bits per heavy atom. The number of aryl methyl sites for hydroxylation is 2. The number of carbonyl (C=O) groups excluding carboxylic acids is 2. The fraction of sp³-hybridized carbons (Fsp3) is 0.556. The minimum atomic E-state index is -0.157. The van der Waals surface area contributed by atoms with Gasteiger partial charge in [-0.15, -0.1) is 12.4 Å². The lowest BCUT2D eigenvalue weighted by atomic mass is 9.97. The lowest BCUT2D eigenvalue weighted by Crippen LogP contribution is -2.47. The minimum Gasteiger partial charge on any atom is -0.484 e. The maximum atomic E-state index is 12.4. The predicted molar refractivity (Wildman–Crippen MR) is 100 cm³/mol. The molecule has 0 saturated carbocycles. The summed E-state index contributed by atoms with van der Waals surface area (Å²) in [6.45, 7) is 6.07. The number of nitrogens with zero attached hydrogens (tertiary/aromatic N) is 1. The number of halogens is 1. The van der Waals surface area contributed by atoms with E-state index in [0.29, 0.717) is 31.9 Å². The van der Waals surface area contributed by atoms with Gasteiger partial charge in [-0.25, -0.2) is 0 Å². The van der Waals surface area contributed by atoms with Crippen LogP contribution in [0.25, 0.3) is 0 Å². The van der Waals surface area contributed by atoms with E-state index in [2.05, 4.69) is 5.32 Å². The van der Waals surface area contributed by atoms with Crippen LogP contribution in [-0.4, -0.2) is 49.5 Å². The number of nitrogens with two attached hydrogens (primary N) is 1. The third kappa shape index (κ3) is 6.21. The van der Waals surface area contributed by atoms with Crippen LogP contribution in [0.5, 0.6) is 5.75 Å². The van der Waals surface area contributed by atoms with E-state index in [1.54, 1.807) is 4.90 Å². The van der Waals surface area contributed by atoms with Crippen molar-refractivity contribution in [3.63, 3.8) is 0 Å². The van der Waals surface area contributed by atoms with Gasteiger partial charge in [-0.05, 0) is 49.9 Å². The number of nitrogens with one attached hydrogen (secondary N) is 1. The quantitative estimate of drug-likeness (QED) is 0.794. The highest BCUT2D eigenvalue weighted by Gasteiger charge is 2.28. The van der Waals surface area contributed by atoms with Gasteiger partial charge in [-0.2, -0.15) is 0 Å². The molecule has 0 spiro atoms. The molecule has 0 aliphatic carbocycles. The first kappa shape index (κ1) is 21.3. The number of likely N-dealkylation sites (tertiary alicyclic amines) is 1. The van der Waals surface area contributed by atoms with Gasteiger partial charge in [0, 0.05) is 26.2 Å². The van der Waals surface area contributed by atoms with Crippen LogP contribution in [0.4, 0.5) is 0 Å². The number of hydrogen-bond acceptors (Lipinski definition) is 4. The number of amides is 2. The largest absolute Gasteiger partial charge is 0.484 e. The number of ether oxygens (including phenoxy) is 1. The van der Waals surface area contributed by atoms with Crippen molar-refractivity contribution in [3.05, 3.63) is 29.3 Å². The van der Waals surface area contributed by atoms with Gasteiger partial charge in [-0.3, -0.25) is 9.59 Å². The van der Waals surface area contributed by atoms with Gasteiger partial charge in [-0.1, -0.05) is 6.07 Å². The van der Waals surface area contributed by atoms with Crippen LogP contribution in [0.15, 0.2) is 18.2 Å². The molecule has 1 aliphatic rings. The highest BCUT2D eigenvalue weighted by Crippen LogP contribution is 2.19. The molecule has 0 aromatic heterocycles. The first-order valence-corrected chi connectivity index (χ1v) is 8.47. The Morgan fingerprint density at radius 1 is 1.32 bits per heavy atom. The molecule has 140 valence electrons. The molecule has 6 nitrogen and oxygen atoms in total. The number of rotatable bonds is 6. The summed E-state index contributed by atoms with van der Waals surface area (Å²) >= 11 is 0. The van der Waals surface area contributed by atoms with Crippen LogP contribution in [0.1, 0.15) is 24.0 Å². The van der Waals surface area contributed by atoms with Crippen molar-refractivity contribution in [2.75, 3.05) is 32.8 Å². The van der Waals surface area contributed by atoms with Crippen LogP contribution >= 0.6 is 12.4 Å². The highest BCUT2D eigenvalue weighted by atomic mass is 35.5. The van der Waals surface area contributed by atoms with Crippen molar-refractivity contribution in [3.8, 4) is 5.75 Å². The van der Waals surface area contributed by atoms with E-state index in [9.17, 15) is 9.59 Å². The van der Waals surface area contributed by atoms with E-state index in [4.69, 9.17) is 10.5 Å². The highest BCUT2D eigenvalue weighted by molar-refractivity contribution is 5.85. The lowest BCUT2D eigenvalue weighted by Gasteiger charge is -2.32. The summed E-state index contributed by atoms with van der Waals surface area (Å²) < 4.78 is 5.61. The van der Waals surface area contributed by atoms with Gasteiger partial charge in [0.1, 0.15) is 5.75 Å². The summed E-state index contributed by atoms with van der Waals surface area (Å²) in [5.41, 5.74) is 7.73. The third-order valence-corrected chi connectivity index (χ3v) is 4.43. The molecular formula is C18H28ClN3O3. The molecule has 1 heterocycles. The second kappa shape index (κ2) is 10.3. The molecule has 1 unspecified atom stereocenters. The molecule has 1 aliphatic heterocycles. The molecule has 1 atom stereocenters. The summed E-state index contributed by atoms with van der Waals surface area (Å²) in [6, 6.07) is 5.78. The number of benzene rings is 1. The van der Waals surface area contributed by atoms with E-state index in [1.807, 2.05) is 32.0 Å². The molecule has 0 bridgehead atoms. The van der Waals surface area contributed by atoms with Crippen LogP contribution in [0, 0.1) is 19.8 Å². The second-order valence-electron chi connectivity index (χ2n) is 6.29. The summed E-state index contributed by atoms with van der Waals surface area (Å²) in [4.78, 5) is 26.1. The van der Waals surface area contributed by atoms with Crippen molar-refractivity contribution in [2.24, 2.45) is 11.7 Å². The van der Waals surface area contributed by atoms with Crippen LogP contribution in [-0.2, 0) is 9.59 Å². The van der Waals surface area contributed by atoms with Gasteiger partial charge in [0.15, 0.2) is 6.61 Å². The number of carbonyl (C=O) groups is 2. The van der Waals surface area contributed by atoms with Crippen LogP contribution < -0.4 is 15.8 Å². The number of hydrogen-bond donors (Lipinski definition) is 2. The van der Waals surface area contributed by atoms with E-state index in [1.165, 1.54) is 5.56 Å². The Morgan fingerprint density at radius 2 is 2.08 bits per heavy atom. The minimum absolute atomic E-state index is 0.